The van der Waals surface area contributed by atoms with Gasteiger partial charge in [0.1, 0.15) is 11.8 Å². The first-order valence-corrected chi connectivity index (χ1v) is 16.7. The van der Waals surface area contributed by atoms with Crippen LogP contribution in [0.1, 0.15) is 35.1 Å². The highest BCUT2D eigenvalue weighted by molar-refractivity contribution is 7.92. The Balaban J connectivity index is 1.19. The van der Waals surface area contributed by atoms with E-state index in [4.69, 9.17) is 11.6 Å². The molecule has 1 saturated heterocycles. The predicted octanol–water partition coefficient (Wildman–Crippen LogP) is 3.13. The van der Waals surface area contributed by atoms with Crippen molar-refractivity contribution >= 4 is 39.1 Å². The molecule has 0 aliphatic carbocycles. The van der Waals surface area contributed by atoms with E-state index in [9.17, 15) is 23.1 Å². The van der Waals surface area contributed by atoms with E-state index < -0.39 is 22.1 Å². The lowest BCUT2D eigenvalue weighted by Gasteiger charge is -2.41. The van der Waals surface area contributed by atoms with E-state index >= 15 is 0 Å². The number of anilines is 1. The van der Waals surface area contributed by atoms with Gasteiger partial charge in [0.15, 0.2) is 0 Å². The Kier molecular flexibility index (Phi) is 7.87. The van der Waals surface area contributed by atoms with E-state index in [0.29, 0.717) is 56.9 Å². The Labute approximate surface area is 256 Å². The second kappa shape index (κ2) is 11.5. The molecule has 43 heavy (non-hydrogen) atoms. The van der Waals surface area contributed by atoms with Crippen molar-refractivity contribution in [2.75, 3.05) is 30.2 Å². The quantitative estimate of drug-likeness (QED) is 0.389. The van der Waals surface area contributed by atoms with Crippen LogP contribution in [0.2, 0.25) is 5.02 Å². The largest absolute Gasteiger partial charge is 0.508 e. The zero-order chi connectivity index (χ0) is 30.4. The summed E-state index contributed by atoms with van der Waals surface area (Å²) in [4.78, 5) is 29.3. The Morgan fingerprint density at radius 3 is 2.51 bits per heavy atom. The Morgan fingerprint density at radius 1 is 1.07 bits per heavy atom. The SMILES string of the molecule is CS(=O)(=O)N1CC2(CCN(C(=O)[C@@H](Cc3ccc(Cl)cc3)NC(=O)C3Cc4ccc(O)cc4CN3)CC2)c2ccccc21. The van der Waals surface area contributed by atoms with Crippen molar-refractivity contribution in [3.05, 3.63) is 94.0 Å². The number of nitrogens with zero attached hydrogens (tertiary/aromatic N) is 2. The number of nitrogens with one attached hydrogen (secondary N) is 2. The lowest BCUT2D eigenvalue weighted by atomic mass is 9.74. The Hall–Kier alpha value is -3.60. The van der Waals surface area contributed by atoms with E-state index in [-0.39, 0.29) is 23.0 Å². The predicted molar refractivity (Wildman–Crippen MR) is 166 cm³/mol. The molecule has 11 heteroatoms. The van der Waals surface area contributed by atoms with Crippen LogP contribution in [0.25, 0.3) is 0 Å². The van der Waals surface area contributed by atoms with Gasteiger partial charge in [-0.3, -0.25) is 13.9 Å². The minimum atomic E-state index is -3.44. The molecule has 6 rings (SSSR count). The van der Waals surface area contributed by atoms with Gasteiger partial charge in [-0.1, -0.05) is 48.0 Å². The first-order chi connectivity index (χ1) is 20.5. The number of carbonyl (C=O) groups is 2. The standard InChI is InChI=1S/C32H35ClN4O5S/c1-43(41,42)37-20-32(26-4-2-3-5-29(26)37)12-14-36(15-13-32)31(40)28(16-21-6-9-24(33)10-7-21)35-30(39)27-18-22-8-11-25(38)17-23(22)19-34-27/h2-11,17,27-28,34,38H,12-16,18-20H2,1H3,(H,35,39)/t27?,28-/m1/s1. The zero-order valence-corrected chi connectivity index (χ0v) is 25.5. The van der Waals surface area contributed by atoms with E-state index in [2.05, 4.69) is 10.6 Å². The zero-order valence-electron chi connectivity index (χ0n) is 23.9. The number of phenolic OH excluding ortho intramolecular Hbond substituents is 1. The number of phenols is 1. The molecule has 0 aromatic heterocycles. The first-order valence-electron chi connectivity index (χ1n) is 14.5. The topological polar surface area (TPSA) is 119 Å². The monoisotopic (exact) mass is 622 g/mol. The fourth-order valence-corrected chi connectivity index (χ4v) is 7.82. The van der Waals surface area contributed by atoms with Crippen LogP contribution in [0.15, 0.2) is 66.7 Å². The van der Waals surface area contributed by atoms with Crippen molar-refractivity contribution in [2.45, 2.75) is 49.7 Å². The number of amides is 2. The number of para-hydroxylation sites is 1. The van der Waals surface area contributed by atoms with E-state index in [1.165, 1.54) is 10.6 Å². The van der Waals surface area contributed by atoms with Gasteiger partial charge in [0.05, 0.1) is 18.0 Å². The van der Waals surface area contributed by atoms with Crippen LogP contribution in [0.4, 0.5) is 5.69 Å². The van der Waals surface area contributed by atoms with E-state index in [1.807, 2.05) is 42.5 Å². The first kappa shape index (κ1) is 29.5. The normalized spacial score (nSPS) is 19.9. The minimum Gasteiger partial charge on any atom is -0.508 e. The van der Waals surface area contributed by atoms with Gasteiger partial charge in [-0.25, -0.2) is 8.42 Å². The third kappa shape index (κ3) is 5.96. The Morgan fingerprint density at radius 2 is 1.79 bits per heavy atom. The van der Waals surface area contributed by atoms with Crippen LogP contribution in [0.3, 0.4) is 0 Å². The molecule has 2 amide bonds. The van der Waals surface area contributed by atoms with Gasteiger partial charge < -0.3 is 20.6 Å². The maximum absolute atomic E-state index is 14.0. The summed E-state index contributed by atoms with van der Waals surface area (Å²) in [6, 6.07) is 18.7. The number of piperidine rings is 1. The van der Waals surface area contributed by atoms with E-state index in [0.717, 1.165) is 27.9 Å². The average molecular weight is 623 g/mol. The smallest absolute Gasteiger partial charge is 0.245 e. The van der Waals surface area contributed by atoms with Crippen molar-refractivity contribution in [3.63, 3.8) is 0 Å². The van der Waals surface area contributed by atoms with Crippen molar-refractivity contribution in [3.8, 4) is 5.75 Å². The van der Waals surface area contributed by atoms with Crippen molar-refractivity contribution in [1.82, 2.24) is 15.5 Å². The number of likely N-dealkylation sites (tertiary alicyclic amines) is 1. The number of hydrogen-bond donors (Lipinski definition) is 3. The maximum Gasteiger partial charge on any atom is 0.245 e. The summed E-state index contributed by atoms with van der Waals surface area (Å²) in [7, 11) is -3.44. The van der Waals surface area contributed by atoms with Crippen LogP contribution < -0.4 is 14.9 Å². The van der Waals surface area contributed by atoms with Crippen molar-refractivity contribution in [2.24, 2.45) is 0 Å². The number of aromatic hydroxyl groups is 1. The molecular formula is C32H35ClN4O5S. The molecule has 3 heterocycles. The van der Waals surface area contributed by atoms with Gasteiger partial charge in [0.25, 0.3) is 0 Å². The fraction of sp³-hybridized carbons (Fsp3) is 0.375. The van der Waals surface area contributed by atoms with Gasteiger partial charge in [0, 0.05) is 43.0 Å². The van der Waals surface area contributed by atoms with Gasteiger partial charge in [-0.2, -0.15) is 0 Å². The molecule has 1 spiro atoms. The molecule has 226 valence electrons. The van der Waals surface area contributed by atoms with Gasteiger partial charge >= 0.3 is 0 Å². The molecule has 3 N–H and O–H groups in total. The Bertz CT molecular complexity index is 1650. The fourth-order valence-electron chi connectivity index (χ4n) is 6.70. The molecule has 3 aliphatic rings. The maximum atomic E-state index is 14.0. The number of carbonyl (C=O) groups excluding carboxylic acids is 2. The van der Waals surface area contributed by atoms with Crippen LogP contribution in [0, 0.1) is 0 Å². The van der Waals surface area contributed by atoms with E-state index in [1.54, 1.807) is 29.2 Å². The van der Waals surface area contributed by atoms with Crippen molar-refractivity contribution in [1.29, 1.82) is 0 Å². The molecule has 2 atom stereocenters. The van der Waals surface area contributed by atoms with Gasteiger partial charge in [-0.05, 0) is 71.8 Å². The highest BCUT2D eigenvalue weighted by atomic mass is 35.5. The lowest BCUT2D eigenvalue weighted by molar-refractivity contribution is -0.138. The van der Waals surface area contributed by atoms with Gasteiger partial charge in [0.2, 0.25) is 21.8 Å². The number of sulfonamides is 1. The highest BCUT2D eigenvalue weighted by Crippen LogP contribution is 2.47. The van der Waals surface area contributed by atoms with Crippen LogP contribution >= 0.6 is 11.6 Å². The molecular weight excluding hydrogens is 588 g/mol. The lowest BCUT2D eigenvalue weighted by Crippen LogP contribution is -2.57. The number of benzene rings is 3. The molecule has 3 aromatic rings. The molecule has 0 saturated carbocycles. The second-order valence-corrected chi connectivity index (χ2v) is 14.2. The third-order valence-corrected chi connectivity index (χ3v) is 10.4. The van der Waals surface area contributed by atoms with Crippen LogP contribution in [0.5, 0.6) is 5.75 Å². The summed E-state index contributed by atoms with van der Waals surface area (Å²) in [5.74, 6) is -0.232. The minimum absolute atomic E-state index is 0.162. The summed E-state index contributed by atoms with van der Waals surface area (Å²) >= 11 is 6.09. The molecule has 3 aromatic carbocycles. The third-order valence-electron chi connectivity index (χ3n) is 9.06. The summed E-state index contributed by atoms with van der Waals surface area (Å²) in [6.45, 7) is 1.72. The number of fused-ring (bicyclic) bond motifs is 3. The van der Waals surface area contributed by atoms with Crippen LogP contribution in [-0.2, 0) is 44.4 Å². The summed E-state index contributed by atoms with van der Waals surface area (Å²) in [5, 5.41) is 16.7. The molecule has 0 radical (unpaired) electrons. The number of halogens is 1. The summed E-state index contributed by atoms with van der Waals surface area (Å²) < 4.78 is 26.7. The summed E-state index contributed by atoms with van der Waals surface area (Å²) in [6.07, 6.45) is 3.24. The number of rotatable bonds is 6. The summed E-state index contributed by atoms with van der Waals surface area (Å²) in [5.41, 5.74) is 4.17. The van der Waals surface area contributed by atoms with Crippen molar-refractivity contribution < 1.29 is 23.1 Å². The number of hydrogen-bond acceptors (Lipinski definition) is 6. The molecule has 3 aliphatic heterocycles. The molecule has 1 unspecified atom stereocenters. The highest BCUT2D eigenvalue weighted by Gasteiger charge is 2.48. The van der Waals surface area contributed by atoms with Crippen LogP contribution in [-0.4, -0.2) is 68.2 Å². The second-order valence-electron chi connectivity index (χ2n) is 11.9. The molecule has 9 nitrogen and oxygen atoms in total. The molecule has 0 bridgehead atoms. The molecule has 1 fully saturated rings. The van der Waals surface area contributed by atoms with Gasteiger partial charge in [-0.15, -0.1) is 0 Å². The average Bonchev–Trinajstić information content (AvgIpc) is 3.32.